The van der Waals surface area contributed by atoms with Gasteiger partial charge in [-0.1, -0.05) is 25.1 Å². The molecule has 4 nitrogen and oxygen atoms in total. The number of nitrogens with one attached hydrogen (secondary N) is 1. The zero-order valence-electron chi connectivity index (χ0n) is 15.3. The third-order valence-corrected chi connectivity index (χ3v) is 7.03. The van der Waals surface area contributed by atoms with Crippen LogP contribution in [0, 0.1) is 5.41 Å². The predicted molar refractivity (Wildman–Crippen MR) is 98.6 cm³/mol. The van der Waals surface area contributed by atoms with Crippen molar-refractivity contribution in [3.8, 4) is 0 Å². The molecule has 1 fully saturated rings. The Bertz CT molecular complexity index is 643. The predicted octanol–water partition coefficient (Wildman–Crippen LogP) is 3.75. The van der Waals surface area contributed by atoms with Crippen LogP contribution in [0.2, 0.25) is 0 Å². The lowest BCUT2D eigenvalue weighted by Crippen LogP contribution is -2.48. The van der Waals surface area contributed by atoms with E-state index in [0.29, 0.717) is 5.92 Å². The van der Waals surface area contributed by atoms with E-state index in [2.05, 4.69) is 30.4 Å². The van der Waals surface area contributed by atoms with Crippen molar-refractivity contribution in [3.63, 3.8) is 0 Å². The van der Waals surface area contributed by atoms with Crippen molar-refractivity contribution in [2.45, 2.75) is 63.8 Å². The van der Waals surface area contributed by atoms with Crippen molar-refractivity contribution in [1.29, 1.82) is 0 Å². The lowest BCUT2D eigenvalue weighted by Gasteiger charge is -2.40. The van der Waals surface area contributed by atoms with Crippen LogP contribution in [-0.2, 0) is 6.42 Å². The van der Waals surface area contributed by atoms with E-state index in [1.54, 1.807) is 0 Å². The van der Waals surface area contributed by atoms with Crippen LogP contribution in [0.3, 0.4) is 0 Å². The molecule has 0 radical (unpaired) electrons. The standard InChI is InChI=1S/C21H30N2O2/c1-2-21(14-24)9-11-23(12-10-21)20(25)22-18-13-16-7-3-5-15-6-4-8-17(18)19(15)16/h4,6,8,16,18,24H,2-3,5,7,9-14H2,1H3,(H,22,25). The van der Waals surface area contributed by atoms with Gasteiger partial charge in [0.15, 0.2) is 0 Å². The SMILES string of the molecule is CCC1(CO)CCN(C(=O)NC2CC3CCCc4cccc2c43)CC1. The van der Waals surface area contributed by atoms with Gasteiger partial charge in [-0.2, -0.15) is 0 Å². The molecule has 4 rings (SSSR count). The van der Waals surface area contributed by atoms with E-state index < -0.39 is 0 Å². The number of urea groups is 1. The van der Waals surface area contributed by atoms with Crippen molar-refractivity contribution in [3.05, 3.63) is 34.9 Å². The average Bonchev–Trinajstić information content (AvgIpc) is 3.01. The second-order valence-electron chi connectivity index (χ2n) is 8.25. The highest BCUT2D eigenvalue weighted by atomic mass is 16.3. The molecule has 1 saturated heterocycles. The molecule has 0 saturated carbocycles. The van der Waals surface area contributed by atoms with Crippen molar-refractivity contribution >= 4 is 6.03 Å². The van der Waals surface area contributed by atoms with Gasteiger partial charge in [0.1, 0.15) is 0 Å². The quantitative estimate of drug-likeness (QED) is 0.879. The van der Waals surface area contributed by atoms with Crippen LogP contribution in [0.25, 0.3) is 0 Å². The molecule has 25 heavy (non-hydrogen) atoms. The molecule has 0 spiro atoms. The molecule has 3 aliphatic rings. The van der Waals surface area contributed by atoms with E-state index in [-0.39, 0.29) is 24.1 Å². The molecular weight excluding hydrogens is 312 g/mol. The van der Waals surface area contributed by atoms with Gasteiger partial charge < -0.3 is 15.3 Å². The third-order valence-electron chi connectivity index (χ3n) is 7.03. The number of aliphatic hydroxyl groups is 1. The van der Waals surface area contributed by atoms with Crippen LogP contribution in [0.4, 0.5) is 4.79 Å². The van der Waals surface area contributed by atoms with Crippen LogP contribution in [0.5, 0.6) is 0 Å². The summed E-state index contributed by atoms with van der Waals surface area (Å²) in [5.41, 5.74) is 4.41. The summed E-state index contributed by atoms with van der Waals surface area (Å²) in [5.74, 6) is 0.633. The van der Waals surface area contributed by atoms with E-state index in [1.807, 2.05) is 4.90 Å². The summed E-state index contributed by atoms with van der Waals surface area (Å²) in [6, 6.07) is 6.86. The summed E-state index contributed by atoms with van der Waals surface area (Å²) >= 11 is 0. The van der Waals surface area contributed by atoms with Crippen molar-refractivity contribution in [2.75, 3.05) is 19.7 Å². The first-order valence-electron chi connectivity index (χ1n) is 9.94. The molecule has 1 aliphatic heterocycles. The maximum atomic E-state index is 12.8. The summed E-state index contributed by atoms with van der Waals surface area (Å²) in [5, 5.41) is 13.0. The fraction of sp³-hybridized carbons (Fsp3) is 0.667. The van der Waals surface area contributed by atoms with Gasteiger partial charge >= 0.3 is 6.03 Å². The molecular formula is C21H30N2O2. The van der Waals surface area contributed by atoms with Crippen molar-refractivity contribution in [1.82, 2.24) is 10.2 Å². The number of hydrogen-bond donors (Lipinski definition) is 2. The van der Waals surface area contributed by atoms with Gasteiger partial charge in [0.2, 0.25) is 0 Å². The lowest BCUT2D eigenvalue weighted by atomic mass is 9.77. The number of hydrogen-bond acceptors (Lipinski definition) is 2. The molecule has 0 bridgehead atoms. The third kappa shape index (κ3) is 2.95. The molecule has 4 heteroatoms. The molecule has 2 atom stereocenters. The molecule has 2 aliphatic carbocycles. The van der Waals surface area contributed by atoms with Gasteiger partial charge in [0.05, 0.1) is 6.04 Å². The molecule has 2 N–H and O–H groups in total. The number of rotatable bonds is 3. The fourth-order valence-electron chi connectivity index (χ4n) is 5.17. The summed E-state index contributed by atoms with van der Waals surface area (Å²) in [6.07, 6.45) is 7.57. The first kappa shape index (κ1) is 16.9. The molecule has 1 heterocycles. The van der Waals surface area contributed by atoms with Gasteiger partial charge in [-0.15, -0.1) is 0 Å². The van der Waals surface area contributed by atoms with E-state index in [4.69, 9.17) is 0 Å². The average molecular weight is 342 g/mol. The van der Waals surface area contributed by atoms with E-state index in [1.165, 1.54) is 36.0 Å². The monoisotopic (exact) mass is 342 g/mol. The summed E-state index contributed by atoms with van der Waals surface area (Å²) in [4.78, 5) is 14.7. The Morgan fingerprint density at radius 3 is 2.88 bits per heavy atom. The minimum absolute atomic E-state index is 0.0233. The van der Waals surface area contributed by atoms with Crippen molar-refractivity contribution < 1.29 is 9.90 Å². The highest BCUT2D eigenvalue weighted by Gasteiger charge is 2.37. The van der Waals surface area contributed by atoms with Crippen LogP contribution >= 0.6 is 0 Å². The Labute approximate surface area is 150 Å². The van der Waals surface area contributed by atoms with Crippen molar-refractivity contribution in [2.24, 2.45) is 5.41 Å². The van der Waals surface area contributed by atoms with Crippen LogP contribution in [-0.4, -0.2) is 35.7 Å². The van der Waals surface area contributed by atoms with Gasteiger partial charge in [0, 0.05) is 19.7 Å². The summed E-state index contributed by atoms with van der Waals surface area (Å²) in [6.45, 7) is 3.88. The molecule has 1 aromatic carbocycles. The normalized spacial score (nSPS) is 27.0. The molecule has 136 valence electrons. The van der Waals surface area contributed by atoms with Gasteiger partial charge in [-0.3, -0.25) is 0 Å². The first-order valence-corrected chi connectivity index (χ1v) is 9.94. The Balaban J connectivity index is 1.43. The van der Waals surface area contributed by atoms with E-state index >= 15 is 0 Å². The molecule has 0 aromatic heterocycles. The van der Waals surface area contributed by atoms with Crippen LogP contribution in [0.15, 0.2) is 18.2 Å². The second kappa shape index (κ2) is 6.64. The second-order valence-corrected chi connectivity index (χ2v) is 8.25. The topological polar surface area (TPSA) is 52.6 Å². The molecule has 1 aromatic rings. The number of carbonyl (C=O) groups is 1. The van der Waals surface area contributed by atoms with Gasteiger partial charge in [0.25, 0.3) is 0 Å². The Morgan fingerprint density at radius 1 is 1.36 bits per heavy atom. The summed E-state index contributed by atoms with van der Waals surface area (Å²) in [7, 11) is 0. The van der Waals surface area contributed by atoms with E-state index in [0.717, 1.165) is 38.8 Å². The number of aliphatic hydroxyl groups excluding tert-OH is 1. The number of piperidine rings is 1. The fourth-order valence-corrected chi connectivity index (χ4v) is 5.17. The maximum absolute atomic E-state index is 12.8. The van der Waals surface area contributed by atoms with Gasteiger partial charge in [-0.25, -0.2) is 4.79 Å². The number of nitrogens with zero attached hydrogens (tertiary/aromatic N) is 1. The highest BCUT2D eigenvalue weighted by Crippen LogP contribution is 2.47. The van der Waals surface area contributed by atoms with E-state index in [9.17, 15) is 9.90 Å². The number of amides is 2. The maximum Gasteiger partial charge on any atom is 0.317 e. The Hall–Kier alpha value is -1.55. The zero-order valence-corrected chi connectivity index (χ0v) is 15.3. The number of carbonyl (C=O) groups excluding carboxylic acids is 1. The Morgan fingerprint density at radius 2 is 2.16 bits per heavy atom. The molecule has 2 amide bonds. The largest absolute Gasteiger partial charge is 0.396 e. The minimum Gasteiger partial charge on any atom is -0.396 e. The smallest absolute Gasteiger partial charge is 0.317 e. The first-order chi connectivity index (χ1) is 12.2. The number of likely N-dealkylation sites (tertiary alicyclic amines) is 1. The summed E-state index contributed by atoms with van der Waals surface area (Å²) < 4.78 is 0. The number of aryl methyl sites for hydroxylation is 1. The minimum atomic E-state index is 0.0233. The zero-order chi connectivity index (χ0) is 17.4. The number of benzene rings is 1. The Kier molecular flexibility index (Phi) is 4.48. The van der Waals surface area contributed by atoms with Crippen LogP contribution in [0.1, 0.15) is 74.1 Å². The highest BCUT2D eigenvalue weighted by molar-refractivity contribution is 5.75. The van der Waals surface area contributed by atoms with Gasteiger partial charge in [-0.05, 0) is 73.0 Å². The lowest BCUT2D eigenvalue weighted by molar-refractivity contribution is 0.0514. The van der Waals surface area contributed by atoms with Crippen LogP contribution < -0.4 is 5.32 Å². The molecule has 2 unspecified atom stereocenters.